The molecule has 2 atom stereocenters. The number of aryl methyl sites for hydroxylation is 1. The van der Waals surface area contributed by atoms with Crippen LogP contribution in [0.15, 0.2) is 96.1 Å². The highest BCUT2D eigenvalue weighted by molar-refractivity contribution is 7.79. The lowest BCUT2D eigenvalue weighted by Gasteiger charge is -2.38. The summed E-state index contributed by atoms with van der Waals surface area (Å²) in [5.41, 5.74) is 6.29. The first-order valence-corrected chi connectivity index (χ1v) is 16.9. The van der Waals surface area contributed by atoms with Crippen LogP contribution in [0.2, 0.25) is 0 Å². The molecule has 3 aromatic carbocycles. The van der Waals surface area contributed by atoms with E-state index in [2.05, 4.69) is 105 Å². The Kier molecular flexibility index (Phi) is 8.51. The van der Waals surface area contributed by atoms with Gasteiger partial charge in [-0.2, -0.15) is 0 Å². The molecular formula is C38H44P. The van der Waals surface area contributed by atoms with E-state index < -0.39 is 7.92 Å². The van der Waals surface area contributed by atoms with Crippen molar-refractivity contribution < 1.29 is 0 Å². The molecule has 3 aliphatic rings. The minimum atomic E-state index is -0.649. The van der Waals surface area contributed by atoms with E-state index in [1.807, 2.05) is 0 Å². The lowest BCUT2D eigenvalue weighted by molar-refractivity contribution is 0.364. The lowest BCUT2D eigenvalue weighted by Crippen LogP contribution is -2.29. The summed E-state index contributed by atoms with van der Waals surface area (Å²) < 4.78 is 0. The summed E-state index contributed by atoms with van der Waals surface area (Å²) >= 11 is 0. The van der Waals surface area contributed by atoms with Gasteiger partial charge in [-0.1, -0.05) is 130 Å². The van der Waals surface area contributed by atoms with E-state index >= 15 is 0 Å². The van der Waals surface area contributed by atoms with Gasteiger partial charge in [-0.05, 0) is 103 Å². The van der Waals surface area contributed by atoms with Crippen LogP contribution in [0.3, 0.4) is 0 Å². The van der Waals surface area contributed by atoms with Crippen LogP contribution in [0, 0.1) is 30.8 Å². The largest absolute Gasteiger partial charge is 0.0770 e. The van der Waals surface area contributed by atoms with E-state index in [0.717, 1.165) is 5.92 Å². The molecule has 2 fully saturated rings. The van der Waals surface area contributed by atoms with E-state index in [9.17, 15) is 0 Å². The van der Waals surface area contributed by atoms with Crippen molar-refractivity contribution >= 4 is 23.8 Å². The third-order valence-electron chi connectivity index (χ3n) is 9.53. The molecule has 0 N–H and O–H groups in total. The van der Waals surface area contributed by atoms with E-state index in [4.69, 9.17) is 0 Å². The highest BCUT2D eigenvalue weighted by atomic mass is 31.1. The van der Waals surface area contributed by atoms with Gasteiger partial charge in [0, 0.05) is 5.92 Å². The zero-order chi connectivity index (χ0) is 26.6. The molecule has 2 saturated carbocycles. The molecule has 39 heavy (non-hydrogen) atoms. The topological polar surface area (TPSA) is 0 Å². The van der Waals surface area contributed by atoms with Crippen LogP contribution in [0.4, 0.5) is 0 Å². The van der Waals surface area contributed by atoms with Crippen molar-refractivity contribution in [3.63, 3.8) is 0 Å². The summed E-state index contributed by atoms with van der Waals surface area (Å²) in [6.45, 7) is 4.82. The Bertz CT molecular complexity index is 1250. The summed E-state index contributed by atoms with van der Waals surface area (Å²) in [5.74, 6) is 2.26. The highest BCUT2D eigenvalue weighted by Crippen LogP contribution is 2.48. The molecule has 2 unspecified atom stereocenters. The molecule has 0 nitrogen and oxygen atoms in total. The molecule has 0 bridgehead atoms. The average molecular weight is 532 g/mol. The predicted octanol–water partition coefficient (Wildman–Crippen LogP) is 9.30. The number of allylic oxidation sites excluding steroid dienone is 4. The maximum Gasteiger partial charge on any atom is 0.0165 e. The first-order valence-electron chi connectivity index (χ1n) is 15.6. The fraction of sp³-hybridized carbons (Fsp3) is 0.421. The molecule has 201 valence electrons. The van der Waals surface area contributed by atoms with Crippen LogP contribution in [-0.2, 0) is 0 Å². The number of rotatable bonds is 6. The third kappa shape index (κ3) is 5.74. The Morgan fingerprint density at radius 2 is 1.21 bits per heavy atom. The number of benzene rings is 3. The molecule has 3 aromatic rings. The van der Waals surface area contributed by atoms with Gasteiger partial charge in [0.2, 0.25) is 0 Å². The zero-order valence-corrected chi connectivity index (χ0v) is 24.8. The summed E-state index contributed by atoms with van der Waals surface area (Å²) in [7, 11) is -0.649. The average Bonchev–Trinajstić information content (AvgIpc) is 3.00. The van der Waals surface area contributed by atoms with Crippen molar-refractivity contribution in [1.29, 1.82) is 0 Å². The van der Waals surface area contributed by atoms with Crippen LogP contribution in [0.25, 0.3) is 0 Å². The van der Waals surface area contributed by atoms with Crippen LogP contribution in [-0.4, -0.2) is 0 Å². The highest BCUT2D eigenvalue weighted by Gasteiger charge is 2.34. The van der Waals surface area contributed by atoms with Gasteiger partial charge in [0.15, 0.2) is 0 Å². The van der Waals surface area contributed by atoms with Gasteiger partial charge in [-0.25, -0.2) is 0 Å². The Morgan fingerprint density at radius 3 is 1.79 bits per heavy atom. The molecule has 1 heteroatoms. The van der Waals surface area contributed by atoms with Gasteiger partial charge in [0.1, 0.15) is 0 Å². The molecule has 3 aliphatic carbocycles. The van der Waals surface area contributed by atoms with Gasteiger partial charge < -0.3 is 0 Å². The third-order valence-corrected chi connectivity index (χ3v) is 12.0. The summed E-state index contributed by atoms with van der Waals surface area (Å²) in [6, 6.07) is 29.5. The van der Waals surface area contributed by atoms with Gasteiger partial charge >= 0.3 is 0 Å². The summed E-state index contributed by atoms with van der Waals surface area (Å²) in [6.07, 6.45) is 20.9. The lowest BCUT2D eigenvalue weighted by atomic mass is 9.67. The molecule has 0 saturated heterocycles. The fourth-order valence-electron chi connectivity index (χ4n) is 7.55. The fourth-order valence-corrected chi connectivity index (χ4v) is 10.1. The van der Waals surface area contributed by atoms with Crippen molar-refractivity contribution in [3.8, 4) is 0 Å². The molecule has 0 aromatic heterocycles. The zero-order valence-electron chi connectivity index (χ0n) is 23.9. The molecule has 0 spiro atoms. The van der Waals surface area contributed by atoms with Crippen LogP contribution < -0.4 is 15.9 Å². The van der Waals surface area contributed by atoms with E-state index in [1.165, 1.54) is 91.2 Å². The Hall–Kier alpha value is -2.43. The van der Waals surface area contributed by atoms with Crippen LogP contribution in [0.1, 0.15) is 88.2 Å². The minimum Gasteiger partial charge on any atom is -0.0770 e. The van der Waals surface area contributed by atoms with E-state index in [1.54, 1.807) is 11.1 Å². The van der Waals surface area contributed by atoms with Gasteiger partial charge in [-0.3, -0.25) is 0 Å². The minimum absolute atomic E-state index is 0.322. The maximum atomic E-state index is 4.33. The first-order chi connectivity index (χ1) is 19.2. The van der Waals surface area contributed by atoms with E-state index in [0.29, 0.717) is 17.8 Å². The molecular weight excluding hydrogens is 487 g/mol. The van der Waals surface area contributed by atoms with Crippen molar-refractivity contribution in [2.24, 2.45) is 17.8 Å². The van der Waals surface area contributed by atoms with Crippen molar-refractivity contribution in [2.75, 3.05) is 0 Å². The Labute approximate surface area is 238 Å². The summed E-state index contributed by atoms with van der Waals surface area (Å²) in [5, 5.41) is 4.39. The van der Waals surface area contributed by atoms with Gasteiger partial charge in [-0.15, -0.1) is 0 Å². The molecule has 0 aliphatic heterocycles. The summed E-state index contributed by atoms with van der Waals surface area (Å²) in [4.78, 5) is 0. The Balaban J connectivity index is 1.47. The SMILES string of the molecule is Cc1cccc(P(c2ccccc2)c2ccccc2)c1C1[C]=C(C2CCCCC2)C(C2CCCCC2)=CC1C. The monoisotopic (exact) mass is 531 g/mol. The smallest absolute Gasteiger partial charge is 0.0165 e. The van der Waals surface area contributed by atoms with Crippen LogP contribution in [0.5, 0.6) is 0 Å². The van der Waals surface area contributed by atoms with Gasteiger partial charge in [0.25, 0.3) is 0 Å². The van der Waals surface area contributed by atoms with Crippen molar-refractivity contribution in [3.05, 3.63) is 113 Å². The number of hydrogen-bond donors (Lipinski definition) is 0. The first kappa shape index (κ1) is 26.8. The van der Waals surface area contributed by atoms with E-state index in [-0.39, 0.29) is 0 Å². The molecule has 1 radical (unpaired) electrons. The predicted molar refractivity (Wildman–Crippen MR) is 170 cm³/mol. The molecule has 0 heterocycles. The second-order valence-electron chi connectivity index (χ2n) is 12.2. The molecule has 6 rings (SSSR count). The van der Waals surface area contributed by atoms with Crippen molar-refractivity contribution in [2.45, 2.75) is 84.0 Å². The van der Waals surface area contributed by atoms with Crippen LogP contribution >= 0.6 is 7.92 Å². The van der Waals surface area contributed by atoms with Crippen molar-refractivity contribution in [1.82, 2.24) is 0 Å². The number of hydrogen-bond acceptors (Lipinski definition) is 0. The van der Waals surface area contributed by atoms with Gasteiger partial charge in [0.05, 0.1) is 0 Å². The Morgan fingerprint density at radius 1 is 0.641 bits per heavy atom. The quantitative estimate of drug-likeness (QED) is 0.278. The maximum absolute atomic E-state index is 4.33. The second-order valence-corrected chi connectivity index (χ2v) is 14.4. The standard InChI is InChI=1S/C38H44P/c1-28-16-15-25-37(39(32-21-11-5-12-22-32)33-23-13-6-14-24-33)38(28)34-27-36(31-19-9-4-10-20-31)35(26-29(34)2)30-17-7-3-8-18-30/h5-6,11-16,21-26,29-31,34H,3-4,7-10,17-20H2,1-2H3. The molecule has 0 amide bonds. The second kappa shape index (κ2) is 12.4. The normalized spacial score (nSPS) is 22.9.